The van der Waals surface area contributed by atoms with E-state index < -0.39 is 11.9 Å². The second kappa shape index (κ2) is 70.1. The fraction of sp³-hybridized carbons (Fsp3) is 0.970. The van der Waals surface area contributed by atoms with Gasteiger partial charge in [-0.05, 0) is 64.7 Å². The third-order valence-electron chi connectivity index (χ3n) is 15.6. The molecule has 7 heteroatoms. The van der Waals surface area contributed by atoms with Gasteiger partial charge in [-0.3, -0.25) is 0 Å². The normalized spacial score (nSPS) is 11.4. The number of carboxylic acid groups (broad SMARTS) is 2. The van der Waals surface area contributed by atoms with Crippen LogP contribution in [0.25, 0.3) is 0 Å². The van der Waals surface area contributed by atoms with Gasteiger partial charge in [0.2, 0.25) is 0 Å². The van der Waals surface area contributed by atoms with Crippen LogP contribution in [0.2, 0.25) is 0 Å². The van der Waals surface area contributed by atoms with Gasteiger partial charge < -0.3 is 29.6 Å². The molecule has 0 saturated heterocycles. The van der Waals surface area contributed by atoms with Gasteiger partial charge in [0, 0.05) is 25.0 Å². The number of rotatable bonds is 62. The van der Waals surface area contributed by atoms with Gasteiger partial charge in [-0.25, -0.2) is 0 Å². The van der Waals surface area contributed by atoms with Crippen molar-refractivity contribution in [1.82, 2.24) is 9.80 Å². The minimum absolute atomic E-state index is 0. The molecule has 0 heterocycles. The van der Waals surface area contributed by atoms with Crippen LogP contribution >= 0.6 is 0 Å². The van der Waals surface area contributed by atoms with Gasteiger partial charge in [0.1, 0.15) is 0 Å². The molecule has 0 rings (SSSR count). The smallest absolute Gasteiger partial charge is 0.550 e. The molecule has 0 fully saturated rings. The molecular formula is C66H132CaN2O4. The SMILES string of the molecule is CCCCCCCCCCCCCCCN(CCCCCCCCCCCCCCC)CCC(=O)[O-].CCCCCCCCCCCCCCCN(CCCCCCCCCCCCCCC)CCC(=O)[O-].[Ca+2]. The topological polar surface area (TPSA) is 86.7 Å². The van der Waals surface area contributed by atoms with Crippen molar-refractivity contribution >= 4 is 49.7 Å². The number of hydrogen-bond donors (Lipinski definition) is 0. The third-order valence-corrected chi connectivity index (χ3v) is 15.6. The van der Waals surface area contributed by atoms with Crippen molar-refractivity contribution in [3.63, 3.8) is 0 Å². The van der Waals surface area contributed by atoms with E-state index in [9.17, 15) is 19.8 Å². The van der Waals surface area contributed by atoms with Gasteiger partial charge in [-0.1, -0.05) is 336 Å². The Labute approximate surface area is 489 Å². The maximum absolute atomic E-state index is 10.9. The molecular weight excluding hydrogens is 925 g/mol. The maximum Gasteiger partial charge on any atom is 2.00 e. The molecule has 0 saturated carbocycles. The molecule has 0 unspecified atom stereocenters. The fourth-order valence-electron chi connectivity index (χ4n) is 10.6. The molecule has 0 aromatic heterocycles. The summed E-state index contributed by atoms with van der Waals surface area (Å²) in [5.41, 5.74) is 0. The number of hydrogen-bond acceptors (Lipinski definition) is 6. The first-order valence-electron chi connectivity index (χ1n) is 33.2. The van der Waals surface area contributed by atoms with Crippen LogP contribution in [0.3, 0.4) is 0 Å². The zero-order valence-electron chi connectivity index (χ0n) is 50.7. The van der Waals surface area contributed by atoms with Gasteiger partial charge in [-0.2, -0.15) is 0 Å². The van der Waals surface area contributed by atoms with Crippen molar-refractivity contribution in [2.75, 3.05) is 39.3 Å². The molecule has 0 aliphatic rings. The van der Waals surface area contributed by atoms with Crippen LogP contribution in [0, 0.1) is 0 Å². The van der Waals surface area contributed by atoms with Crippen LogP contribution in [0.4, 0.5) is 0 Å². The van der Waals surface area contributed by atoms with Crippen LogP contribution in [0.15, 0.2) is 0 Å². The predicted molar refractivity (Wildman–Crippen MR) is 321 cm³/mol. The monoisotopic (exact) mass is 1060 g/mol. The molecule has 0 amide bonds. The summed E-state index contributed by atoms with van der Waals surface area (Å²) < 4.78 is 0. The molecule has 0 aliphatic carbocycles. The summed E-state index contributed by atoms with van der Waals surface area (Å²) in [5, 5.41) is 21.9. The van der Waals surface area contributed by atoms with Gasteiger partial charge in [0.15, 0.2) is 0 Å². The molecule has 0 aromatic rings. The van der Waals surface area contributed by atoms with Crippen LogP contribution in [0.5, 0.6) is 0 Å². The summed E-state index contributed by atoms with van der Waals surface area (Å²) in [6, 6.07) is 0. The number of carboxylic acids is 2. The van der Waals surface area contributed by atoms with Gasteiger partial charge in [0.05, 0.1) is 0 Å². The Morgan fingerprint density at radius 1 is 0.219 bits per heavy atom. The zero-order valence-corrected chi connectivity index (χ0v) is 52.9. The minimum atomic E-state index is -0.907. The quantitative estimate of drug-likeness (QED) is 0.0446. The van der Waals surface area contributed by atoms with E-state index in [-0.39, 0.29) is 50.6 Å². The average molecular weight is 1060 g/mol. The maximum atomic E-state index is 10.9. The van der Waals surface area contributed by atoms with E-state index in [2.05, 4.69) is 37.5 Å². The summed E-state index contributed by atoms with van der Waals surface area (Å²) in [6.45, 7) is 14.7. The van der Waals surface area contributed by atoms with E-state index in [4.69, 9.17) is 0 Å². The van der Waals surface area contributed by atoms with Crippen molar-refractivity contribution in [2.24, 2.45) is 0 Å². The predicted octanol–water partition coefficient (Wildman–Crippen LogP) is 18.8. The number of unbranched alkanes of at least 4 members (excludes halogenated alkanes) is 48. The van der Waals surface area contributed by atoms with E-state index in [1.807, 2.05) is 0 Å². The summed E-state index contributed by atoms with van der Waals surface area (Å²) in [4.78, 5) is 26.7. The summed E-state index contributed by atoms with van der Waals surface area (Å²) in [7, 11) is 0. The molecule has 0 radical (unpaired) electrons. The van der Waals surface area contributed by atoms with Crippen molar-refractivity contribution in [1.29, 1.82) is 0 Å². The van der Waals surface area contributed by atoms with Crippen LogP contribution in [0.1, 0.15) is 374 Å². The van der Waals surface area contributed by atoms with Crippen molar-refractivity contribution in [3.8, 4) is 0 Å². The Balaban J connectivity index is -0.00000132. The van der Waals surface area contributed by atoms with E-state index in [0.717, 1.165) is 26.2 Å². The van der Waals surface area contributed by atoms with Crippen molar-refractivity contribution in [2.45, 2.75) is 374 Å². The van der Waals surface area contributed by atoms with Gasteiger partial charge in [-0.15, -0.1) is 0 Å². The number of carbonyl (C=O) groups excluding carboxylic acids is 2. The number of nitrogens with zero attached hydrogens (tertiary/aromatic N) is 2. The minimum Gasteiger partial charge on any atom is -0.550 e. The Morgan fingerprint density at radius 2 is 0.342 bits per heavy atom. The van der Waals surface area contributed by atoms with Crippen molar-refractivity contribution in [3.05, 3.63) is 0 Å². The molecule has 0 N–H and O–H groups in total. The molecule has 0 spiro atoms. The molecule has 0 aliphatic heterocycles. The van der Waals surface area contributed by atoms with E-state index in [1.165, 1.54) is 334 Å². The molecule has 73 heavy (non-hydrogen) atoms. The average Bonchev–Trinajstić information content (AvgIpc) is 3.37. The first-order valence-corrected chi connectivity index (χ1v) is 33.2. The second-order valence-electron chi connectivity index (χ2n) is 22.9. The second-order valence-corrected chi connectivity index (χ2v) is 22.9. The largest absolute Gasteiger partial charge is 2.00 e. The van der Waals surface area contributed by atoms with Gasteiger partial charge >= 0.3 is 37.7 Å². The van der Waals surface area contributed by atoms with E-state index in [1.54, 1.807) is 0 Å². The number of carbonyl (C=O) groups is 2. The molecule has 0 atom stereocenters. The molecule has 0 aromatic carbocycles. The summed E-state index contributed by atoms with van der Waals surface area (Å²) >= 11 is 0. The van der Waals surface area contributed by atoms with Crippen LogP contribution in [-0.4, -0.2) is 98.7 Å². The van der Waals surface area contributed by atoms with Crippen LogP contribution in [-0.2, 0) is 9.59 Å². The molecule has 6 nitrogen and oxygen atoms in total. The third kappa shape index (κ3) is 72.1. The Kier molecular flexibility index (Phi) is 74.3. The first kappa shape index (κ1) is 77.4. The van der Waals surface area contributed by atoms with Crippen LogP contribution < -0.4 is 10.2 Å². The Morgan fingerprint density at radius 3 is 0.466 bits per heavy atom. The standard InChI is InChI=1S/2C33H67NO2.Ca/c2*1-3-5-7-9-11-13-15-17-19-21-23-25-27-30-34(32-29-33(35)36)31-28-26-24-22-20-18-16-14-12-10-8-6-4-2;/h2*3-32H2,1-2H3,(H,35,36);/q;;+2/p-2. The summed E-state index contributed by atoms with van der Waals surface area (Å²) in [5.74, 6) is -1.81. The zero-order chi connectivity index (χ0) is 52.7. The van der Waals surface area contributed by atoms with E-state index in [0.29, 0.717) is 13.1 Å². The Hall–Kier alpha value is 0.120. The fourth-order valence-corrected chi connectivity index (χ4v) is 10.6. The van der Waals surface area contributed by atoms with E-state index >= 15 is 0 Å². The Bertz CT molecular complexity index is 877. The first-order chi connectivity index (χ1) is 35.4. The summed E-state index contributed by atoms with van der Waals surface area (Å²) in [6.07, 6.45) is 71.9. The van der Waals surface area contributed by atoms with Gasteiger partial charge in [0.25, 0.3) is 0 Å². The van der Waals surface area contributed by atoms with Crippen molar-refractivity contribution < 1.29 is 19.8 Å². The number of aliphatic carboxylic acids is 2. The molecule has 432 valence electrons. The molecule has 0 bridgehead atoms.